The fourth-order valence-electron chi connectivity index (χ4n) is 2.04. The summed E-state index contributed by atoms with van der Waals surface area (Å²) in [6.07, 6.45) is 1.86. The van der Waals surface area contributed by atoms with Gasteiger partial charge < -0.3 is 10.6 Å². The Bertz CT molecular complexity index is 582. The number of rotatable bonds is 2. The van der Waals surface area contributed by atoms with Gasteiger partial charge in [0.1, 0.15) is 0 Å². The zero-order valence-corrected chi connectivity index (χ0v) is 11.0. The van der Waals surface area contributed by atoms with E-state index in [2.05, 4.69) is 9.98 Å². The number of benzene rings is 1. The van der Waals surface area contributed by atoms with Crippen molar-refractivity contribution in [1.82, 2.24) is 4.98 Å². The van der Waals surface area contributed by atoms with E-state index in [0.29, 0.717) is 17.5 Å². The Morgan fingerprint density at radius 1 is 1.44 bits per heavy atom. The molecule has 1 atom stereocenters. The molecule has 1 aliphatic rings. The number of guanidine groups is 1. The first-order valence-electron chi connectivity index (χ1n) is 5.49. The van der Waals surface area contributed by atoms with Crippen molar-refractivity contribution < 1.29 is 0 Å². The van der Waals surface area contributed by atoms with Crippen LogP contribution in [0, 0.1) is 0 Å². The molecule has 1 aromatic heterocycles. The van der Waals surface area contributed by atoms with Gasteiger partial charge in [-0.3, -0.25) is 9.98 Å². The largest absolute Gasteiger partial charge is 0.369 e. The molecule has 0 saturated heterocycles. The van der Waals surface area contributed by atoms with Crippen LogP contribution in [0.5, 0.6) is 0 Å². The second kappa shape index (κ2) is 4.59. The minimum absolute atomic E-state index is 0.121. The highest BCUT2D eigenvalue weighted by molar-refractivity contribution is 7.09. The van der Waals surface area contributed by atoms with Crippen LogP contribution in [0.4, 0.5) is 5.69 Å². The molecule has 0 bridgehead atoms. The van der Waals surface area contributed by atoms with Crippen molar-refractivity contribution in [1.29, 1.82) is 0 Å². The van der Waals surface area contributed by atoms with Gasteiger partial charge >= 0.3 is 0 Å². The van der Waals surface area contributed by atoms with Gasteiger partial charge in [-0.05, 0) is 18.2 Å². The predicted octanol–water partition coefficient (Wildman–Crippen LogP) is 2.67. The summed E-state index contributed by atoms with van der Waals surface area (Å²) >= 11 is 7.64. The lowest BCUT2D eigenvalue weighted by Crippen LogP contribution is -2.35. The lowest BCUT2D eigenvalue weighted by Gasteiger charge is -2.25. The standard InChI is InChI=1S/C12H11ClN4S/c13-8-2-1-3-9(4-8)17-10(5-16-12(17)14)11-6-15-7-18-11/h1-4,6-7,10H,5H2,(H2,14,16). The fraction of sp³-hybridized carbons (Fsp3) is 0.167. The van der Waals surface area contributed by atoms with Crippen LogP contribution in [0.15, 0.2) is 41.0 Å². The molecule has 1 aliphatic heterocycles. The molecular formula is C12H11ClN4S. The topological polar surface area (TPSA) is 54.5 Å². The van der Waals surface area contributed by atoms with Gasteiger partial charge in [0.2, 0.25) is 0 Å². The quantitative estimate of drug-likeness (QED) is 0.919. The van der Waals surface area contributed by atoms with E-state index in [9.17, 15) is 0 Å². The highest BCUT2D eigenvalue weighted by atomic mass is 35.5. The van der Waals surface area contributed by atoms with Crippen LogP contribution in [-0.4, -0.2) is 17.5 Å². The second-order valence-corrected chi connectivity index (χ2v) is 5.32. The number of aliphatic imine (C=N–C) groups is 1. The third-order valence-corrected chi connectivity index (χ3v) is 3.96. The molecule has 1 aromatic carbocycles. The molecule has 0 saturated carbocycles. The third-order valence-electron chi connectivity index (χ3n) is 2.85. The van der Waals surface area contributed by atoms with Crippen molar-refractivity contribution in [2.45, 2.75) is 6.04 Å². The lowest BCUT2D eigenvalue weighted by atomic mass is 10.2. The second-order valence-electron chi connectivity index (χ2n) is 3.97. The van der Waals surface area contributed by atoms with Crippen molar-refractivity contribution >= 4 is 34.6 Å². The van der Waals surface area contributed by atoms with Crippen molar-refractivity contribution in [3.05, 3.63) is 45.9 Å². The van der Waals surface area contributed by atoms with Crippen LogP contribution in [-0.2, 0) is 0 Å². The number of nitrogens with two attached hydrogens (primary N) is 1. The normalized spacial score (nSPS) is 19.1. The molecule has 6 heteroatoms. The van der Waals surface area contributed by atoms with Crippen LogP contribution in [0.3, 0.4) is 0 Å². The van der Waals surface area contributed by atoms with Gasteiger partial charge in [0.25, 0.3) is 0 Å². The van der Waals surface area contributed by atoms with Crippen molar-refractivity contribution in [3.8, 4) is 0 Å². The first-order chi connectivity index (χ1) is 8.75. The average Bonchev–Trinajstić information content (AvgIpc) is 2.97. The van der Waals surface area contributed by atoms with Crippen LogP contribution in [0.2, 0.25) is 5.02 Å². The fourth-order valence-corrected chi connectivity index (χ4v) is 2.93. The van der Waals surface area contributed by atoms with E-state index in [1.807, 2.05) is 40.9 Å². The maximum absolute atomic E-state index is 6.03. The molecule has 2 heterocycles. The first-order valence-corrected chi connectivity index (χ1v) is 6.74. The van der Waals surface area contributed by atoms with E-state index in [1.165, 1.54) is 0 Å². The molecule has 1 unspecified atom stereocenters. The number of hydrogen-bond donors (Lipinski definition) is 1. The Kier molecular flexibility index (Phi) is 2.93. The smallest absolute Gasteiger partial charge is 0.196 e. The zero-order valence-electron chi connectivity index (χ0n) is 9.45. The molecule has 0 spiro atoms. The Balaban J connectivity index is 1.99. The minimum Gasteiger partial charge on any atom is -0.369 e. The number of thiazole rings is 1. The van der Waals surface area contributed by atoms with E-state index >= 15 is 0 Å². The molecule has 0 radical (unpaired) electrons. The Hall–Kier alpha value is -1.59. The van der Waals surface area contributed by atoms with Crippen molar-refractivity contribution in [3.63, 3.8) is 0 Å². The maximum Gasteiger partial charge on any atom is 0.196 e. The van der Waals surface area contributed by atoms with Crippen molar-refractivity contribution in [2.75, 3.05) is 11.4 Å². The average molecular weight is 279 g/mol. The molecule has 18 heavy (non-hydrogen) atoms. The van der Waals surface area contributed by atoms with Gasteiger partial charge in [0.05, 0.1) is 18.1 Å². The van der Waals surface area contributed by atoms with E-state index in [4.69, 9.17) is 17.3 Å². The van der Waals surface area contributed by atoms with Crippen molar-refractivity contribution in [2.24, 2.45) is 10.7 Å². The van der Waals surface area contributed by atoms with Gasteiger partial charge in [-0.15, -0.1) is 11.3 Å². The van der Waals surface area contributed by atoms with Crippen LogP contribution >= 0.6 is 22.9 Å². The van der Waals surface area contributed by atoms with Gasteiger partial charge in [-0.1, -0.05) is 17.7 Å². The summed E-state index contributed by atoms with van der Waals surface area (Å²) in [4.78, 5) is 11.6. The Labute approximate surface area is 114 Å². The van der Waals surface area contributed by atoms with Crippen LogP contribution in [0.25, 0.3) is 0 Å². The first kappa shape index (κ1) is 11.5. The Morgan fingerprint density at radius 2 is 2.33 bits per heavy atom. The molecule has 2 aromatic rings. The molecule has 4 nitrogen and oxygen atoms in total. The number of hydrogen-bond acceptors (Lipinski definition) is 5. The summed E-state index contributed by atoms with van der Waals surface area (Å²) in [7, 11) is 0. The van der Waals surface area contributed by atoms with E-state index in [0.717, 1.165) is 10.6 Å². The van der Waals surface area contributed by atoms with Crippen LogP contribution in [0.1, 0.15) is 10.9 Å². The summed E-state index contributed by atoms with van der Waals surface area (Å²) in [6, 6.07) is 7.75. The van der Waals surface area contributed by atoms with Crippen LogP contribution < -0.4 is 10.6 Å². The molecule has 0 amide bonds. The summed E-state index contributed by atoms with van der Waals surface area (Å²) in [6.45, 7) is 0.653. The minimum atomic E-state index is 0.121. The molecule has 2 N–H and O–H groups in total. The molecule has 0 aliphatic carbocycles. The number of anilines is 1. The predicted molar refractivity (Wildman–Crippen MR) is 75.3 cm³/mol. The van der Waals surface area contributed by atoms with E-state index in [1.54, 1.807) is 11.3 Å². The number of halogens is 1. The molecule has 0 fully saturated rings. The summed E-state index contributed by atoms with van der Waals surface area (Å²) < 4.78 is 0. The monoisotopic (exact) mass is 278 g/mol. The number of nitrogens with zero attached hydrogens (tertiary/aromatic N) is 3. The highest BCUT2D eigenvalue weighted by Gasteiger charge is 2.29. The molecule has 92 valence electrons. The highest BCUT2D eigenvalue weighted by Crippen LogP contribution is 2.33. The van der Waals surface area contributed by atoms with Gasteiger partial charge in [-0.2, -0.15) is 0 Å². The Morgan fingerprint density at radius 3 is 3.06 bits per heavy atom. The zero-order chi connectivity index (χ0) is 12.5. The maximum atomic E-state index is 6.03. The lowest BCUT2D eigenvalue weighted by molar-refractivity contribution is 0.782. The summed E-state index contributed by atoms with van der Waals surface area (Å²) in [5.41, 5.74) is 8.75. The van der Waals surface area contributed by atoms with Gasteiger partial charge in [0.15, 0.2) is 5.96 Å². The summed E-state index contributed by atoms with van der Waals surface area (Å²) in [5.74, 6) is 0.524. The SMILES string of the molecule is NC1=NCC(c2cncs2)N1c1cccc(Cl)c1. The van der Waals surface area contributed by atoms with E-state index < -0.39 is 0 Å². The third kappa shape index (κ3) is 1.95. The number of aromatic nitrogens is 1. The van der Waals surface area contributed by atoms with Gasteiger partial charge in [-0.25, -0.2) is 0 Å². The van der Waals surface area contributed by atoms with Gasteiger partial charge in [0, 0.05) is 21.8 Å². The summed E-state index contributed by atoms with van der Waals surface area (Å²) in [5, 5.41) is 0.690. The molecular weight excluding hydrogens is 268 g/mol. The molecule has 3 rings (SSSR count). The van der Waals surface area contributed by atoms with E-state index in [-0.39, 0.29) is 6.04 Å².